The summed E-state index contributed by atoms with van der Waals surface area (Å²) in [4.78, 5) is 50.6. The summed E-state index contributed by atoms with van der Waals surface area (Å²) < 4.78 is 41.2. The van der Waals surface area contributed by atoms with Crippen molar-refractivity contribution in [1.82, 2.24) is 15.5 Å². The van der Waals surface area contributed by atoms with Crippen LogP contribution in [0.5, 0.6) is 0 Å². The van der Waals surface area contributed by atoms with Crippen molar-refractivity contribution in [2.45, 2.75) is 63.3 Å². The number of aliphatic hydroxyl groups is 1. The molecular formula is C21H28F3N3O6. The molecule has 1 unspecified atom stereocenters. The largest absolute Gasteiger partial charge is 0.454 e. The van der Waals surface area contributed by atoms with Gasteiger partial charge < -0.3 is 20.1 Å². The molecule has 5 aliphatic rings. The molecule has 2 atom stereocenters. The van der Waals surface area contributed by atoms with Gasteiger partial charge in [0.05, 0.1) is 11.5 Å². The summed E-state index contributed by atoms with van der Waals surface area (Å²) in [5, 5.41) is 13.2. The number of β-amino-alcohol motifs (C(OH)–C–C–N with tert-alkyl or cyclic N) is 1. The number of nitrogens with one attached hydrogen (secondary N) is 2. The SMILES string of the molecule is O=C(COC(=O)[C@@H]1CC(O)CN1C(=O)C12CC3CC(CC(C3)C1)C2)NC(=O)NCC(F)(F)F. The van der Waals surface area contributed by atoms with Crippen LogP contribution in [0.15, 0.2) is 0 Å². The third-order valence-electron chi connectivity index (χ3n) is 7.35. The Morgan fingerprint density at radius 1 is 1.00 bits per heavy atom. The van der Waals surface area contributed by atoms with E-state index in [2.05, 4.69) is 0 Å². The van der Waals surface area contributed by atoms with Gasteiger partial charge in [0.2, 0.25) is 5.91 Å². The maximum atomic E-state index is 13.6. The number of alkyl halides is 3. The van der Waals surface area contributed by atoms with Crippen LogP contribution in [-0.2, 0) is 19.1 Å². The van der Waals surface area contributed by atoms with Crippen molar-refractivity contribution >= 4 is 23.8 Å². The fraction of sp³-hybridized carbons (Fsp3) is 0.810. The van der Waals surface area contributed by atoms with Crippen LogP contribution in [0.25, 0.3) is 0 Å². The van der Waals surface area contributed by atoms with Gasteiger partial charge in [-0.25, -0.2) is 9.59 Å². The lowest BCUT2D eigenvalue weighted by Crippen LogP contribution is -2.56. The van der Waals surface area contributed by atoms with E-state index in [-0.39, 0.29) is 18.9 Å². The number of esters is 1. The second-order valence-corrected chi connectivity index (χ2v) is 10.0. The number of aliphatic hydroxyl groups excluding tert-OH is 1. The molecule has 5 rings (SSSR count). The second kappa shape index (κ2) is 8.77. The van der Waals surface area contributed by atoms with Crippen LogP contribution in [0.4, 0.5) is 18.0 Å². The third-order valence-corrected chi connectivity index (χ3v) is 7.35. The van der Waals surface area contributed by atoms with Crippen molar-refractivity contribution in [3.63, 3.8) is 0 Å². The van der Waals surface area contributed by atoms with Gasteiger partial charge in [-0.1, -0.05) is 0 Å². The van der Waals surface area contributed by atoms with E-state index in [0.29, 0.717) is 17.8 Å². The zero-order valence-corrected chi connectivity index (χ0v) is 18.0. The van der Waals surface area contributed by atoms with E-state index in [1.165, 1.54) is 10.2 Å². The molecule has 33 heavy (non-hydrogen) atoms. The maximum absolute atomic E-state index is 13.6. The highest BCUT2D eigenvalue weighted by molar-refractivity contribution is 5.96. The summed E-state index contributed by atoms with van der Waals surface area (Å²) >= 11 is 0. The number of urea groups is 1. The highest BCUT2D eigenvalue weighted by Crippen LogP contribution is 2.60. The molecule has 1 aliphatic heterocycles. The Labute approximate surface area is 188 Å². The lowest BCUT2D eigenvalue weighted by molar-refractivity contribution is -0.166. The van der Waals surface area contributed by atoms with Crippen LogP contribution in [0.3, 0.4) is 0 Å². The number of imide groups is 1. The van der Waals surface area contributed by atoms with Gasteiger partial charge in [0.25, 0.3) is 5.91 Å². The Morgan fingerprint density at radius 2 is 1.58 bits per heavy atom. The molecule has 4 bridgehead atoms. The average Bonchev–Trinajstić information content (AvgIpc) is 3.10. The molecule has 12 heteroatoms. The van der Waals surface area contributed by atoms with Gasteiger partial charge in [-0.05, 0) is 56.3 Å². The van der Waals surface area contributed by atoms with Crippen molar-refractivity contribution < 1.29 is 42.2 Å². The monoisotopic (exact) mass is 475 g/mol. The third kappa shape index (κ3) is 5.25. The fourth-order valence-corrected chi connectivity index (χ4v) is 6.56. The van der Waals surface area contributed by atoms with Gasteiger partial charge in [-0.3, -0.25) is 14.9 Å². The maximum Gasteiger partial charge on any atom is 0.405 e. The molecule has 0 radical (unpaired) electrons. The fourth-order valence-electron chi connectivity index (χ4n) is 6.56. The van der Waals surface area contributed by atoms with Crippen LogP contribution in [0.1, 0.15) is 44.9 Å². The molecule has 1 heterocycles. The Kier molecular flexibility index (Phi) is 6.32. The number of hydrogen-bond donors (Lipinski definition) is 3. The lowest BCUT2D eigenvalue weighted by atomic mass is 9.49. The zero-order valence-electron chi connectivity index (χ0n) is 18.0. The highest BCUT2D eigenvalue weighted by atomic mass is 19.4. The molecule has 4 saturated carbocycles. The van der Waals surface area contributed by atoms with Crippen LogP contribution in [0.2, 0.25) is 0 Å². The first-order valence-corrected chi connectivity index (χ1v) is 11.2. The first kappa shape index (κ1) is 23.8. The molecule has 184 valence electrons. The lowest BCUT2D eigenvalue weighted by Gasteiger charge is -2.56. The molecule has 0 aromatic heterocycles. The number of carbonyl (C=O) groups excluding carboxylic acids is 4. The van der Waals surface area contributed by atoms with Gasteiger partial charge in [-0.15, -0.1) is 0 Å². The van der Waals surface area contributed by atoms with Crippen LogP contribution in [0, 0.1) is 23.2 Å². The van der Waals surface area contributed by atoms with E-state index in [1.54, 1.807) is 5.32 Å². The molecule has 4 aliphatic carbocycles. The van der Waals surface area contributed by atoms with Crippen molar-refractivity contribution in [2.75, 3.05) is 19.7 Å². The summed E-state index contributed by atoms with van der Waals surface area (Å²) in [7, 11) is 0. The molecule has 9 nitrogen and oxygen atoms in total. The minimum absolute atomic E-state index is 0.00634. The van der Waals surface area contributed by atoms with Gasteiger partial charge in [0.1, 0.15) is 12.6 Å². The Morgan fingerprint density at radius 3 is 2.12 bits per heavy atom. The van der Waals surface area contributed by atoms with Gasteiger partial charge in [-0.2, -0.15) is 13.2 Å². The van der Waals surface area contributed by atoms with Gasteiger partial charge in [0.15, 0.2) is 6.61 Å². The summed E-state index contributed by atoms with van der Waals surface area (Å²) in [5.41, 5.74) is -0.509. The van der Waals surface area contributed by atoms with E-state index in [4.69, 9.17) is 4.74 Å². The van der Waals surface area contributed by atoms with E-state index < -0.39 is 54.8 Å². The minimum Gasteiger partial charge on any atom is -0.454 e. The molecule has 0 aromatic carbocycles. The van der Waals surface area contributed by atoms with E-state index in [1.807, 2.05) is 0 Å². The normalized spacial score (nSPS) is 34.8. The van der Waals surface area contributed by atoms with E-state index in [0.717, 1.165) is 38.5 Å². The first-order chi connectivity index (χ1) is 15.4. The quantitative estimate of drug-likeness (QED) is 0.512. The number of hydrogen-bond acceptors (Lipinski definition) is 6. The summed E-state index contributed by atoms with van der Waals surface area (Å²) in [6.45, 7) is -2.51. The Bertz CT molecular complexity index is 797. The number of amides is 4. The molecule has 5 fully saturated rings. The minimum atomic E-state index is -4.64. The molecule has 4 amide bonds. The molecule has 0 spiro atoms. The molecule has 1 saturated heterocycles. The number of nitrogens with zero attached hydrogens (tertiary/aromatic N) is 1. The van der Waals surface area contributed by atoms with Crippen molar-refractivity contribution in [3.8, 4) is 0 Å². The Hall–Kier alpha value is -2.37. The van der Waals surface area contributed by atoms with Crippen molar-refractivity contribution in [1.29, 1.82) is 0 Å². The number of carbonyl (C=O) groups is 4. The second-order valence-electron chi connectivity index (χ2n) is 10.0. The summed E-state index contributed by atoms with van der Waals surface area (Å²) in [6.07, 6.45) is 0.255. The highest BCUT2D eigenvalue weighted by Gasteiger charge is 2.57. The smallest absolute Gasteiger partial charge is 0.405 e. The predicted octanol–water partition coefficient (Wildman–Crippen LogP) is 1.10. The number of halogens is 3. The van der Waals surface area contributed by atoms with Gasteiger partial charge in [0, 0.05) is 13.0 Å². The number of rotatable bonds is 5. The van der Waals surface area contributed by atoms with E-state index in [9.17, 15) is 37.5 Å². The first-order valence-electron chi connectivity index (χ1n) is 11.2. The standard InChI is InChI=1S/C21H28F3N3O6/c22-21(23,24)10-25-19(32)26-16(29)9-33-17(30)15-4-14(28)8-27(15)18(31)20-5-11-1-12(6-20)3-13(2-11)7-20/h11-15,28H,1-10H2,(H2,25,26,29,32)/t11?,12?,13?,14?,15-,20?/m0/s1. The Balaban J connectivity index is 1.32. The summed E-state index contributed by atoms with van der Waals surface area (Å²) in [5.74, 6) is -0.590. The molecule has 3 N–H and O–H groups in total. The predicted molar refractivity (Wildman–Crippen MR) is 105 cm³/mol. The van der Waals surface area contributed by atoms with Crippen LogP contribution in [-0.4, -0.2) is 71.8 Å². The number of ether oxygens (including phenoxy) is 1. The average molecular weight is 475 g/mol. The van der Waals surface area contributed by atoms with Crippen LogP contribution < -0.4 is 10.6 Å². The van der Waals surface area contributed by atoms with Crippen LogP contribution >= 0.6 is 0 Å². The zero-order chi connectivity index (χ0) is 24.0. The summed E-state index contributed by atoms with van der Waals surface area (Å²) in [6, 6.07) is -2.42. The molecule has 0 aromatic rings. The number of likely N-dealkylation sites (tertiary alicyclic amines) is 1. The molecular weight excluding hydrogens is 447 g/mol. The topological polar surface area (TPSA) is 125 Å². The van der Waals surface area contributed by atoms with Crippen molar-refractivity contribution in [3.05, 3.63) is 0 Å². The van der Waals surface area contributed by atoms with E-state index >= 15 is 0 Å². The van der Waals surface area contributed by atoms with Gasteiger partial charge >= 0.3 is 18.2 Å². The van der Waals surface area contributed by atoms with Crippen molar-refractivity contribution in [2.24, 2.45) is 23.2 Å².